The van der Waals surface area contributed by atoms with Crippen molar-refractivity contribution in [1.82, 2.24) is 14.5 Å². The van der Waals surface area contributed by atoms with Gasteiger partial charge in [0.15, 0.2) is 0 Å². The highest BCUT2D eigenvalue weighted by Crippen LogP contribution is 2.37. The maximum atomic E-state index is 13.1. The van der Waals surface area contributed by atoms with Gasteiger partial charge < -0.3 is 10.1 Å². The maximum Gasteiger partial charge on any atom is 0.413 e. The lowest BCUT2D eigenvalue weighted by atomic mass is 9.96. The van der Waals surface area contributed by atoms with Gasteiger partial charge in [-0.05, 0) is 55.6 Å². The van der Waals surface area contributed by atoms with Crippen molar-refractivity contribution in [3.8, 4) is 0 Å². The number of thiophene rings is 1. The Morgan fingerprint density at radius 2 is 1.79 bits per heavy atom. The van der Waals surface area contributed by atoms with E-state index in [2.05, 4.69) is 27.2 Å². The molecule has 10 nitrogen and oxygen atoms in total. The number of alkyl carbamates (subject to hydrolysis) is 1. The van der Waals surface area contributed by atoms with Gasteiger partial charge in [0.1, 0.15) is 5.00 Å². The lowest BCUT2D eigenvalue weighted by molar-refractivity contribution is 0.0936. The number of sulfonamides is 1. The van der Waals surface area contributed by atoms with Crippen LogP contribution >= 0.6 is 11.3 Å². The van der Waals surface area contributed by atoms with Crippen LogP contribution < -0.4 is 10.6 Å². The van der Waals surface area contributed by atoms with Crippen LogP contribution in [0.3, 0.4) is 0 Å². The van der Waals surface area contributed by atoms with E-state index in [1.165, 1.54) is 47.0 Å². The van der Waals surface area contributed by atoms with E-state index in [4.69, 9.17) is 0 Å². The quantitative estimate of drug-likeness (QED) is 0.525. The molecular weight excluding hydrogens is 528 g/mol. The van der Waals surface area contributed by atoms with E-state index >= 15 is 0 Å². The summed E-state index contributed by atoms with van der Waals surface area (Å²) in [4.78, 5) is 41.1. The fourth-order valence-corrected chi connectivity index (χ4v) is 7.72. The Morgan fingerprint density at radius 1 is 1.11 bits per heavy atom. The molecule has 0 bridgehead atoms. The Balaban J connectivity index is 1.55. The molecular formula is C26H34N4O6S2. The number of ether oxygens (including phenoxy) is 1. The van der Waals surface area contributed by atoms with Crippen LogP contribution in [0.4, 0.5) is 9.80 Å². The van der Waals surface area contributed by atoms with Gasteiger partial charge in [0.25, 0.3) is 11.8 Å². The number of nitrogens with one attached hydrogen (secondary N) is 2. The minimum atomic E-state index is -3.68. The van der Waals surface area contributed by atoms with Crippen molar-refractivity contribution in [2.24, 2.45) is 0 Å². The number of imide groups is 1. The molecule has 206 valence electrons. The third-order valence-electron chi connectivity index (χ3n) is 7.32. The number of carbonyl (C=O) groups excluding carboxylic acids is 3. The summed E-state index contributed by atoms with van der Waals surface area (Å²) in [6.45, 7) is 4.32. The van der Waals surface area contributed by atoms with Gasteiger partial charge in [0, 0.05) is 36.6 Å². The zero-order valence-electron chi connectivity index (χ0n) is 21.9. The number of nitrogens with zero attached hydrogens (tertiary/aromatic N) is 2. The van der Waals surface area contributed by atoms with Crippen molar-refractivity contribution >= 4 is 44.3 Å². The van der Waals surface area contributed by atoms with Crippen molar-refractivity contribution in [3.63, 3.8) is 0 Å². The Labute approximate surface area is 227 Å². The maximum absolute atomic E-state index is 13.1. The van der Waals surface area contributed by atoms with Crippen molar-refractivity contribution < 1.29 is 27.5 Å². The Hall–Kier alpha value is -2.80. The molecule has 1 aromatic heterocycles. The van der Waals surface area contributed by atoms with Crippen molar-refractivity contribution in [1.29, 1.82) is 0 Å². The number of anilines is 1. The molecule has 1 fully saturated rings. The molecule has 0 saturated heterocycles. The number of carbonyl (C=O) groups is 3. The molecule has 0 unspecified atom stereocenters. The summed E-state index contributed by atoms with van der Waals surface area (Å²) in [6, 6.07) is 5.80. The molecule has 1 aliphatic carbocycles. The summed E-state index contributed by atoms with van der Waals surface area (Å²) in [5.74, 6) is -1.12. The summed E-state index contributed by atoms with van der Waals surface area (Å²) >= 11 is 1.31. The number of methoxy groups -OCH3 is 1. The topological polar surface area (TPSA) is 125 Å². The minimum Gasteiger partial charge on any atom is -0.453 e. The molecule has 38 heavy (non-hydrogen) atoms. The minimum absolute atomic E-state index is 0.0141. The van der Waals surface area contributed by atoms with Crippen LogP contribution in [-0.4, -0.2) is 68.8 Å². The average molecular weight is 563 g/mol. The van der Waals surface area contributed by atoms with E-state index in [0.717, 1.165) is 55.6 Å². The third-order valence-corrected chi connectivity index (χ3v) is 10.4. The lowest BCUT2D eigenvalue weighted by Crippen LogP contribution is -2.38. The Bertz CT molecular complexity index is 1300. The number of hydrogen-bond acceptors (Lipinski definition) is 8. The van der Waals surface area contributed by atoms with Crippen LogP contribution in [0.2, 0.25) is 0 Å². The highest BCUT2D eigenvalue weighted by Gasteiger charge is 2.31. The first-order valence-corrected chi connectivity index (χ1v) is 15.1. The SMILES string of the molecule is CCN1CCc2c(sc(NC(=O)c3ccc(S(=O)(=O)N(C)C4CCCCC4)cc3)c2C(=O)NC(=O)OC)C1. The number of amides is 3. The molecule has 0 spiro atoms. The smallest absolute Gasteiger partial charge is 0.413 e. The monoisotopic (exact) mass is 562 g/mol. The second kappa shape index (κ2) is 11.9. The summed E-state index contributed by atoms with van der Waals surface area (Å²) in [5, 5.41) is 5.34. The van der Waals surface area contributed by atoms with Gasteiger partial charge in [-0.15, -0.1) is 11.3 Å². The first-order chi connectivity index (χ1) is 18.1. The molecule has 1 saturated carbocycles. The van der Waals surface area contributed by atoms with E-state index in [-0.39, 0.29) is 22.1 Å². The lowest BCUT2D eigenvalue weighted by Gasteiger charge is -2.30. The van der Waals surface area contributed by atoms with Crippen LogP contribution in [0.1, 0.15) is 70.2 Å². The van der Waals surface area contributed by atoms with Crippen LogP contribution in [0, 0.1) is 0 Å². The first-order valence-electron chi connectivity index (χ1n) is 12.8. The van der Waals surface area contributed by atoms with E-state index in [9.17, 15) is 22.8 Å². The van der Waals surface area contributed by atoms with E-state index in [0.29, 0.717) is 18.0 Å². The van der Waals surface area contributed by atoms with Gasteiger partial charge in [-0.2, -0.15) is 4.31 Å². The largest absolute Gasteiger partial charge is 0.453 e. The molecule has 1 aromatic carbocycles. The molecule has 2 aliphatic rings. The molecule has 3 amide bonds. The first kappa shape index (κ1) is 28.2. The predicted molar refractivity (Wildman–Crippen MR) is 145 cm³/mol. The zero-order valence-corrected chi connectivity index (χ0v) is 23.5. The van der Waals surface area contributed by atoms with Crippen LogP contribution in [0.15, 0.2) is 29.2 Å². The number of likely N-dealkylation sites (N-methyl/N-ethyl adjacent to an activating group) is 1. The second-order valence-corrected chi connectivity index (χ2v) is 12.7. The third kappa shape index (κ3) is 5.93. The summed E-state index contributed by atoms with van der Waals surface area (Å²) in [6.07, 6.45) is 4.60. The molecule has 0 radical (unpaired) electrons. The normalized spacial score (nSPS) is 16.6. The van der Waals surface area contributed by atoms with Gasteiger partial charge in [0.2, 0.25) is 10.0 Å². The predicted octanol–water partition coefficient (Wildman–Crippen LogP) is 3.83. The molecule has 1 aliphatic heterocycles. The van der Waals surface area contributed by atoms with Crippen LogP contribution in [-0.2, 0) is 27.7 Å². The van der Waals surface area contributed by atoms with E-state index in [1.54, 1.807) is 7.05 Å². The Morgan fingerprint density at radius 3 is 2.42 bits per heavy atom. The zero-order chi connectivity index (χ0) is 27.4. The van der Waals surface area contributed by atoms with Gasteiger partial charge in [-0.25, -0.2) is 13.2 Å². The molecule has 4 rings (SSSR count). The second-order valence-electron chi connectivity index (χ2n) is 9.56. The average Bonchev–Trinajstić information content (AvgIpc) is 3.29. The standard InChI is InChI=1S/C26H34N4O6S2/c1-4-30-15-14-20-21(16-30)37-25(22(20)24(32)28-26(33)36-3)27-23(31)17-10-12-19(13-11-17)38(34,35)29(2)18-8-6-5-7-9-18/h10-13,18H,4-9,14-16H2,1-3H3,(H,27,31)(H,28,32,33). The van der Waals surface area contributed by atoms with E-state index in [1.807, 2.05) is 0 Å². The highest BCUT2D eigenvalue weighted by atomic mass is 32.2. The van der Waals surface area contributed by atoms with Crippen LogP contribution in [0.25, 0.3) is 0 Å². The Kier molecular flexibility index (Phi) is 8.86. The summed E-state index contributed by atoms with van der Waals surface area (Å²) < 4.78 is 32.3. The molecule has 2 aromatic rings. The summed E-state index contributed by atoms with van der Waals surface area (Å²) in [7, 11) is -0.893. The summed E-state index contributed by atoms with van der Waals surface area (Å²) in [5.41, 5.74) is 1.32. The number of benzene rings is 1. The fraction of sp³-hybridized carbons (Fsp3) is 0.500. The van der Waals surface area contributed by atoms with Crippen molar-refractivity contribution in [2.75, 3.05) is 32.6 Å². The van der Waals surface area contributed by atoms with Crippen molar-refractivity contribution in [2.45, 2.75) is 62.9 Å². The molecule has 0 atom stereocenters. The molecule has 2 N–H and O–H groups in total. The van der Waals surface area contributed by atoms with Crippen LogP contribution in [0.5, 0.6) is 0 Å². The fourth-order valence-electron chi connectivity index (χ4n) is 5.02. The van der Waals surface area contributed by atoms with Gasteiger partial charge >= 0.3 is 6.09 Å². The number of hydrogen-bond donors (Lipinski definition) is 2. The van der Waals surface area contributed by atoms with Gasteiger partial charge in [-0.1, -0.05) is 26.2 Å². The number of fused-ring (bicyclic) bond motifs is 1. The molecule has 2 heterocycles. The van der Waals surface area contributed by atoms with Gasteiger partial charge in [-0.3, -0.25) is 19.8 Å². The number of rotatable bonds is 7. The van der Waals surface area contributed by atoms with Gasteiger partial charge in [0.05, 0.1) is 17.6 Å². The van der Waals surface area contributed by atoms with E-state index < -0.39 is 27.9 Å². The highest BCUT2D eigenvalue weighted by molar-refractivity contribution is 7.89. The van der Waals surface area contributed by atoms with Crippen molar-refractivity contribution in [3.05, 3.63) is 45.8 Å². The molecule has 12 heteroatoms.